The zero-order valence-corrected chi connectivity index (χ0v) is 15.7. The number of carbonyl (C=O) groups excluding carboxylic acids is 2. The second-order valence-corrected chi connectivity index (χ2v) is 7.00. The van der Waals surface area contributed by atoms with E-state index in [9.17, 15) is 14.0 Å². The van der Waals surface area contributed by atoms with E-state index < -0.39 is 11.7 Å². The molecule has 0 unspecified atom stereocenters. The van der Waals surface area contributed by atoms with Crippen LogP contribution in [0.15, 0.2) is 42.5 Å². The Kier molecular flexibility index (Phi) is 5.32. The predicted octanol–water partition coefficient (Wildman–Crippen LogP) is 4.17. The number of thiazole rings is 1. The Morgan fingerprint density at radius 3 is 2.52 bits per heavy atom. The Labute approximate surface area is 160 Å². The summed E-state index contributed by atoms with van der Waals surface area (Å²) in [5.41, 5.74) is 7.93. The molecule has 7 heteroatoms. The lowest BCUT2D eigenvalue weighted by atomic mass is 10.1. The number of benzene rings is 2. The number of aromatic nitrogens is 1. The molecule has 27 heavy (non-hydrogen) atoms. The predicted molar refractivity (Wildman–Crippen MR) is 105 cm³/mol. The van der Waals surface area contributed by atoms with Crippen molar-refractivity contribution in [1.82, 2.24) is 4.98 Å². The number of carbonyl (C=O) groups is 2. The summed E-state index contributed by atoms with van der Waals surface area (Å²) in [7, 11) is 0. The molecule has 0 radical (unpaired) electrons. The lowest BCUT2D eigenvalue weighted by Crippen LogP contribution is -2.15. The Morgan fingerprint density at radius 1 is 1.19 bits per heavy atom. The van der Waals surface area contributed by atoms with Gasteiger partial charge in [-0.3, -0.25) is 9.59 Å². The van der Waals surface area contributed by atoms with E-state index in [-0.39, 0.29) is 17.2 Å². The van der Waals surface area contributed by atoms with E-state index >= 15 is 0 Å². The normalized spacial score (nSPS) is 10.6. The van der Waals surface area contributed by atoms with Gasteiger partial charge in [0.1, 0.15) is 15.7 Å². The molecule has 5 nitrogen and oxygen atoms in total. The number of rotatable bonds is 5. The van der Waals surface area contributed by atoms with Crippen molar-refractivity contribution >= 4 is 28.8 Å². The highest BCUT2D eigenvalue weighted by Gasteiger charge is 2.17. The lowest BCUT2D eigenvalue weighted by molar-refractivity contribution is 0.0993. The van der Waals surface area contributed by atoms with Gasteiger partial charge in [0.2, 0.25) is 0 Å². The first kappa shape index (κ1) is 18.7. The number of nitrogens with zero attached hydrogens (tertiary/aromatic N) is 1. The summed E-state index contributed by atoms with van der Waals surface area (Å²) >= 11 is 1.28. The third-order valence-electron chi connectivity index (χ3n) is 4.10. The van der Waals surface area contributed by atoms with Crippen LogP contribution in [0.25, 0.3) is 10.6 Å². The molecule has 0 aliphatic carbocycles. The van der Waals surface area contributed by atoms with Crippen molar-refractivity contribution in [3.05, 3.63) is 70.0 Å². The summed E-state index contributed by atoms with van der Waals surface area (Å²) in [6, 6.07) is 11.7. The number of aryl methyl sites for hydroxylation is 2. The Hall–Kier alpha value is -3.06. The number of anilines is 1. The van der Waals surface area contributed by atoms with Gasteiger partial charge in [0.05, 0.1) is 11.3 Å². The van der Waals surface area contributed by atoms with Gasteiger partial charge in [-0.25, -0.2) is 9.37 Å². The van der Waals surface area contributed by atoms with Crippen molar-refractivity contribution < 1.29 is 14.0 Å². The molecule has 1 aromatic heterocycles. The first-order valence-electron chi connectivity index (χ1n) is 8.36. The zero-order valence-electron chi connectivity index (χ0n) is 14.9. The molecule has 0 aliphatic rings. The summed E-state index contributed by atoms with van der Waals surface area (Å²) < 4.78 is 13.6. The first-order chi connectivity index (χ1) is 12.9. The monoisotopic (exact) mass is 383 g/mol. The topological polar surface area (TPSA) is 85.1 Å². The average molecular weight is 383 g/mol. The molecule has 0 saturated carbocycles. The number of nitrogens with two attached hydrogens (primary N) is 1. The molecule has 3 aromatic rings. The van der Waals surface area contributed by atoms with Gasteiger partial charge >= 0.3 is 0 Å². The van der Waals surface area contributed by atoms with E-state index in [0.29, 0.717) is 10.6 Å². The molecule has 0 spiro atoms. The van der Waals surface area contributed by atoms with Crippen LogP contribution < -0.4 is 11.1 Å². The van der Waals surface area contributed by atoms with E-state index in [0.717, 1.165) is 23.1 Å². The summed E-state index contributed by atoms with van der Waals surface area (Å²) in [6.07, 6.45) is 0.954. The van der Waals surface area contributed by atoms with E-state index in [1.54, 1.807) is 6.92 Å². The SMILES string of the molecule is CCc1ccc(-c2nc(C)c(C(=O)Nc3ccc(F)c(C(N)=O)c3)s2)cc1. The van der Waals surface area contributed by atoms with Crippen LogP contribution in [0, 0.1) is 12.7 Å². The summed E-state index contributed by atoms with van der Waals surface area (Å²) in [5, 5.41) is 3.41. The van der Waals surface area contributed by atoms with E-state index in [2.05, 4.69) is 17.2 Å². The molecule has 2 amide bonds. The molecule has 0 bridgehead atoms. The van der Waals surface area contributed by atoms with Crippen LogP contribution in [0.1, 0.15) is 38.2 Å². The molecule has 0 fully saturated rings. The van der Waals surface area contributed by atoms with Crippen molar-refractivity contribution in [2.24, 2.45) is 5.73 Å². The van der Waals surface area contributed by atoms with Gasteiger partial charge in [0.15, 0.2) is 0 Å². The molecule has 138 valence electrons. The van der Waals surface area contributed by atoms with Gasteiger partial charge in [-0.15, -0.1) is 11.3 Å². The largest absolute Gasteiger partial charge is 0.366 e. The van der Waals surface area contributed by atoms with Crippen LogP contribution in [0.2, 0.25) is 0 Å². The number of hydrogen-bond acceptors (Lipinski definition) is 4. The third kappa shape index (κ3) is 4.03. The highest BCUT2D eigenvalue weighted by molar-refractivity contribution is 7.17. The second kappa shape index (κ2) is 7.67. The maximum atomic E-state index is 13.6. The van der Waals surface area contributed by atoms with Crippen LogP contribution in [0.3, 0.4) is 0 Å². The van der Waals surface area contributed by atoms with Crippen molar-refractivity contribution in [2.75, 3.05) is 5.32 Å². The Morgan fingerprint density at radius 2 is 1.89 bits per heavy atom. The second-order valence-electron chi connectivity index (χ2n) is 6.00. The maximum Gasteiger partial charge on any atom is 0.267 e. The molecule has 0 aliphatic heterocycles. The molecule has 1 heterocycles. The smallest absolute Gasteiger partial charge is 0.267 e. The average Bonchev–Trinajstić information content (AvgIpc) is 3.05. The molecule has 3 N–H and O–H groups in total. The van der Waals surface area contributed by atoms with Crippen LogP contribution in [-0.2, 0) is 6.42 Å². The van der Waals surface area contributed by atoms with Gasteiger partial charge in [0, 0.05) is 11.3 Å². The van der Waals surface area contributed by atoms with Gasteiger partial charge in [-0.2, -0.15) is 0 Å². The fourth-order valence-electron chi connectivity index (χ4n) is 2.59. The molecular weight excluding hydrogens is 365 g/mol. The fraction of sp³-hybridized carbons (Fsp3) is 0.150. The van der Waals surface area contributed by atoms with E-state index in [1.807, 2.05) is 24.3 Å². The first-order valence-corrected chi connectivity index (χ1v) is 9.18. The minimum Gasteiger partial charge on any atom is -0.366 e. The number of primary amides is 1. The minimum atomic E-state index is -0.893. The highest BCUT2D eigenvalue weighted by atomic mass is 32.1. The number of hydrogen-bond donors (Lipinski definition) is 2. The van der Waals surface area contributed by atoms with Gasteiger partial charge in [-0.1, -0.05) is 31.2 Å². The minimum absolute atomic E-state index is 0.273. The highest BCUT2D eigenvalue weighted by Crippen LogP contribution is 2.29. The number of amides is 2. The van der Waals surface area contributed by atoms with Crippen molar-refractivity contribution in [2.45, 2.75) is 20.3 Å². The van der Waals surface area contributed by atoms with Gasteiger partial charge in [0.25, 0.3) is 11.8 Å². The fourth-order valence-corrected chi connectivity index (χ4v) is 3.56. The zero-order chi connectivity index (χ0) is 19.6. The van der Waals surface area contributed by atoms with Gasteiger partial charge in [-0.05, 0) is 37.1 Å². The quantitative estimate of drug-likeness (QED) is 0.693. The lowest BCUT2D eigenvalue weighted by Gasteiger charge is -2.06. The van der Waals surface area contributed by atoms with E-state index in [1.165, 1.54) is 29.0 Å². The summed E-state index contributed by atoms with van der Waals surface area (Å²) in [5.74, 6) is -1.99. The van der Waals surface area contributed by atoms with Crippen LogP contribution >= 0.6 is 11.3 Å². The number of nitrogens with one attached hydrogen (secondary N) is 1. The standard InChI is InChI=1S/C20H18FN3O2S/c1-3-12-4-6-13(7-5-12)20-23-11(2)17(27-20)19(26)24-14-8-9-16(21)15(10-14)18(22)25/h4-10H,3H2,1-2H3,(H2,22,25)(H,24,26). The molecule has 3 rings (SSSR count). The van der Waals surface area contributed by atoms with Crippen molar-refractivity contribution in [1.29, 1.82) is 0 Å². The Balaban J connectivity index is 1.84. The van der Waals surface area contributed by atoms with Crippen molar-refractivity contribution in [3.8, 4) is 10.6 Å². The third-order valence-corrected chi connectivity index (χ3v) is 5.31. The molecule has 2 aromatic carbocycles. The van der Waals surface area contributed by atoms with E-state index in [4.69, 9.17) is 5.73 Å². The maximum absolute atomic E-state index is 13.6. The van der Waals surface area contributed by atoms with Crippen molar-refractivity contribution in [3.63, 3.8) is 0 Å². The molecule has 0 atom stereocenters. The number of halogens is 1. The van der Waals surface area contributed by atoms with Crippen LogP contribution in [-0.4, -0.2) is 16.8 Å². The summed E-state index contributed by atoms with van der Waals surface area (Å²) in [6.45, 7) is 3.85. The van der Waals surface area contributed by atoms with Crippen LogP contribution in [0.4, 0.5) is 10.1 Å². The molecule has 0 saturated heterocycles. The Bertz CT molecular complexity index is 1010. The van der Waals surface area contributed by atoms with Crippen LogP contribution in [0.5, 0.6) is 0 Å². The summed E-state index contributed by atoms with van der Waals surface area (Å²) in [4.78, 5) is 28.8. The molecular formula is C20H18FN3O2S. The van der Waals surface area contributed by atoms with Gasteiger partial charge < -0.3 is 11.1 Å².